The van der Waals surface area contributed by atoms with Crippen LogP contribution in [0.1, 0.15) is 26.2 Å². The van der Waals surface area contributed by atoms with E-state index in [4.69, 9.17) is 0 Å². The fourth-order valence-electron chi connectivity index (χ4n) is 0.623. The average molecular weight is 151 g/mol. The van der Waals surface area contributed by atoms with Crippen LogP contribution in [0.4, 0.5) is 8.78 Å². The minimum absolute atomic E-state index is 0.172. The van der Waals surface area contributed by atoms with Gasteiger partial charge in [0.15, 0.2) is 0 Å². The lowest BCUT2D eigenvalue weighted by molar-refractivity contribution is -0.129. The quantitative estimate of drug-likeness (QED) is 0.530. The zero-order valence-electron chi connectivity index (χ0n) is 6.15. The van der Waals surface area contributed by atoms with Gasteiger partial charge in [0.1, 0.15) is 0 Å². The maximum absolute atomic E-state index is 11.3. The van der Waals surface area contributed by atoms with Crippen LogP contribution in [-0.4, -0.2) is 13.2 Å². The van der Waals surface area contributed by atoms with E-state index in [1.165, 1.54) is 0 Å². The summed E-state index contributed by atoms with van der Waals surface area (Å²) in [5.74, 6) is 0. The van der Waals surface area contributed by atoms with Crippen LogP contribution < -0.4 is 0 Å². The fourth-order valence-corrected chi connectivity index (χ4v) is 0.623. The minimum atomic E-state index is -2.61. The third kappa shape index (κ3) is 7.82. The van der Waals surface area contributed by atoms with Crippen molar-refractivity contribution >= 4 is 0 Å². The highest BCUT2D eigenvalue weighted by atomic mass is 19.3. The van der Waals surface area contributed by atoms with Gasteiger partial charge in [-0.25, -0.2) is 0 Å². The van der Waals surface area contributed by atoms with Crippen molar-refractivity contribution in [3.8, 4) is 0 Å². The third-order valence-electron chi connectivity index (χ3n) is 1.13. The third-order valence-corrected chi connectivity index (χ3v) is 1.13. The molecule has 0 aromatic rings. The molecule has 0 atom stereocenters. The van der Waals surface area contributed by atoms with Gasteiger partial charge in [-0.15, -0.1) is 0 Å². The van der Waals surface area contributed by atoms with E-state index in [9.17, 15) is 8.78 Å². The summed E-state index contributed by atoms with van der Waals surface area (Å²) in [6.07, 6.45) is 4.65. The van der Waals surface area contributed by atoms with E-state index < -0.39 is 6.61 Å². The van der Waals surface area contributed by atoms with E-state index in [1.807, 2.05) is 13.3 Å². The van der Waals surface area contributed by atoms with Crippen LogP contribution in [0.3, 0.4) is 0 Å². The molecule has 0 rings (SSSR count). The first-order chi connectivity index (χ1) is 4.77. The number of hydrogen-bond donors (Lipinski definition) is 0. The molecule has 3 heteroatoms. The second-order valence-electron chi connectivity index (χ2n) is 2.04. The Kier molecular flexibility index (Phi) is 6.81. The number of rotatable bonds is 6. The van der Waals surface area contributed by atoms with Crippen molar-refractivity contribution in [2.45, 2.75) is 32.8 Å². The number of halogens is 2. The van der Waals surface area contributed by atoms with Crippen molar-refractivity contribution in [2.24, 2.45) is 0 Å². The summed E-state index contributed by atoms with van der Waals surface area (Å²) in [6, 6.07) is 0. The van der Waals surface area contributed by atoms with Gasteiger partial charge in [-0.3, -0.25) is 0 Å². The van der Waals surface area contributed by atoms with Gasteiger partial charge in [0, 0.05) is 0 Å². The molecule has 0 aliphatic carbocycles. The van der Waals surface area contributed by atoms with Gasteiger partial charge in [-0.05, 0) is 12.8 Å². The summed E-state index contributed by atoms with van der Waals surface area (Å²) in [4.78, 5) is 0. The second kappa shape index (κ2) is 6.93. The maximum atomic E-state index is 11.3. The smallest absolute Gasteiger partial charge is 0.323 e. The molecule has 10 heavy (non-hydrogen) atoms. The van der Waals surface area contributed by atoms with Gasteiger partial charge in [0.2, 0.25) is 0 Å². The zero-order chi connectivity index (χ0) is 7.82. The molecule has 0 saturated carbocycles. The molecule has 0 unspecified atom stereocenters. The predicted octanol–water partition coefficient (Wildman–Crippen LogP) is 2.62. The SMILES string of the molecule is C[CH]CCCCOC(F)F. The van der Waals surface area contributed by atoms with Gasteiger partial charge in [0.05, 0.1) is 6.61 Å². The number of ether oxygens (including phenoxy) is 1. The molecule has 0 aromatic heterocycles. The Labute approximate surface area is 60.4 Å². The Morgan fingerprint density at radius 1 is 1.40 bits per heavy atom. The van der Waals surface area contributed by atoms with E-state index in [0.717, 1.165) is 12.8 Å². The van der Waals surface area contributed by atoms with Crippen LogP contribution >= 0.6 is 0 Å². The molecule has 0 heterocycles. The molecule has 0 aliphatic heterocycles. The summed E-state index contributed by atoms with van der Waals surface area (Å²) in [5.41, 5.74) is 0. The first-order valence-electron chi connectivity index (χ1n) is 3.45. The van der Waals surface area contributed by atoms with Crippen LogP contribution in [0.5, 0.6) is 0 Å². The lowest BCUT2D eigenvalue weighted by atomic mass is 10.2. The van der Waals surface area contributed by atoms with Crippen LogP contribution in [0.25, 0.3) is 0 Å². The highest BCUT2D eigenvalue weighted by Crippen LogP contribution is 2.01. The van der Waals surface area contributed by atoms with E-state index in [2.05, 4.69) is 4.74 Å². The highest BCUT2D eigenvalue weighted by Gasteiger charge is 1.98. The fraction of sp³-hybridized carbons (Fsp3) is 0.857. The van der Waals surface area contributed by atoms with Gasteiger partial charge < -0.3 is 4.74 Å². The monoisotopic (exact) mass is 151 g/mol. The molecule has 0 bridgehead atoms. The Morgan fingerprint density at radius 2 is 2.10 bits per heavy atom. The molecule has 0 saturated heterocycles. The largest absolute Gasteiger partial charge is 0.345 e. The molecule has 1 radical (unpaired) electrons. The number of hydrogen-bond acceptors (Lipinski definition) is 1. The second-order valence-corrected chi connectivity index (χ2v) is 2.04. The molecule has 0 aromatic carbocycles. The lowest BCUT2D eigenvalue weighted by Gasteiger charge is -2.00. The Morgan fingerprint density at radius 3 is 2.60 bits per heavy atom. The molecular weight excluding hydrogens is 138 g/mol. The molecule has 61 valence electrons. The minimum Gasteiger partial charge on any atom is -0.323 e. The predicted molar refractivity (Wildman–Crippen MR) is 35.8 cm³/mol. The van der Waals surface area contributed by atoms with Crippen molar-refractivity contribution in [2.75, 3.05) is 6.61 Å². The molecule has 0 fully saturated rings. The molecule has 1 nitrogen and oxygen atoms in total. The van der Waals surface area contributed by atoms with Crippen molar-refractivity contribution < 1.29 is 13.5 Å². The van der Waals surface area contributed by atoms with Gasteiger partial charge in [0.25, 0.3) is 0 Å². The normalized spacial score (nSPS) is 10.8. The summed E-state index contributed by atoms with van der Waals surface area (Å²) < 4.78 is 26.7. The molecule has 0 aliphatic rings. The summed E-state index contributed by atoms with van der Waals surface area (Å²) in [7, 11) is 0. The Balaban J connectivity index is 2.77. The molecular formula is C7H13F2O. The zero-order valence-corrected chi connectivity index (χ0v) is 6.15. The van der Waals surface area contributed by atoms with E-state index in [-0.39, 0.29) is 6.61 Å². The van der Waals surface area contributed by atoms with Crippen LogP contribution in [0, 0.1) is 6.42 Å². The summed E-state index contributed by atoms with van der Waals surface area (Å²) in [5, 5.41) is 0. The van der Waals surface area contributed by atoms with Crippen LogP contribution in [0.2, 0.25) is 0 Å². The van der Waals surface area contributed by atoms with E-state index in [0.29, 0.717) is 6.42 Å². The topological polar surface area (TPSA) is 9.23 Å². The number of unbranched alkanes of at least 4 members (excludes halogenated alkanes) is 3. The molecule has 0 spiro atoms. The van der Waals surface area contributed by atoms with Gasteiger partial charge in [-0.1, -0.05) is 19.8 Å². The first-order valence-corrected chi connectivity index (χ1v) is 3.45. The first kappa shape index (κ1) is 9.82. The Hall–Kier alpha value is -0.180. The molecule has 0 amide bonds. The summed E-state index contributed by atoms with van der Waals surface area (Å²) >= 11 is 0. The Bertz CT molecular complexity index is 66.6. The maximum Gasteiger partial charge on any atom is 0.345 e. The van der Waals surface area contributed by atoms with Crippen molar-refractivity contribution in [1.29, 1.82) is 0 Å². The standard InChI is InChI=1S/C7H13F2O/c1-2-3-4-5-6-10-7(8)9/h2,7H,3-6H2,1H3. The lowest BCUT2D eigenvalue weighted by Crippen LogP contribution is -2.00. The van der Waals surface area contributed by atoms with E-state index in [1.54, 1.807) is 0 Å². The molecule has 0 N–H and O–H groups in total. The van der Waals surface area contributed by atoms with Crippen molar-refractivity contribution in [1.82, 2.24) is 0 Å². The van der Waals surface area contributed by atoms with Gasteiger partial charge >= 0.3 is 6.61 Å². The van der Waals surface area contributed by atoms with Crippen LogP contribution in [-0.2, 0) is 4.74 Å². The van der Waals surface area contributed by atoms with Crippen LogP contribution in [0.15, 0.2) is 0 Å². The van der Waals surface area contributed by atoms with Crippen molar-refractivity contribution in [3.05, 3.63) is 6.42 Å². The average Bonchev–Trinajstić information content (AvgIpc) is 1.87. The van der Waals surface area contributed by atoms with Gasteiger partial charge in [-0.2, -0.15) is 8.78 Å². The number of alkyl halides is 2. The highest BCUT2D eigenvalue weighted by molar-refractivity contribution is 4.54. The van der Waals surface area contributed by atoms with Crippen molar-refractivity contribution in [3.63, 3.8) is 0 Å². The van der Waals surface area contributed by atoms with E-state index >= 15 is 0 Å². The summed E-state index contributed by atoms with van der Waals surface area (Å²) in [6.45, 7) is -0.481.